The predicted molar refractivity (Wildman–Crippen MR) is 92.8 cm³/mol. The number of furan rings is 1. The molecule has 0 saturated carbocycles. The Morgan fingerprint density at radius 1 is 1.12 bits per heavy atom. The topological polar surface area (TPSA) is 94.6 Å². The van der Waals surface area contributed by atoms with Gasteiger partial charge in [0.1, 0.15) is 11.6 Å². The molecule has 2 aromatic carbocycles. The minimum atomic E-state index is -0.947. The van der Waals surface area contributed by atoms with Crippen molar-refractivity contribution in [2.45, 2.75) is 12.6 Å². The molecule has 0 fully saturated rings. The molecule has 0 bridgehead atoms. The van der Waals surface area contributed by atoms with Gasteiger partial charge in [-0.05, 0) is 11.6 Å². The van der Waals surface area contributed by atoms with E-state index in [1.807, 2.05) is 24.3 Å². The van der Waals surface area contributed by atoms with Crippen LogP contribution in [0.25, 0.3) is 11.0 Å². The third kappa shape index (κ3) is 3.39. The van der Waals surface area contributed by atoms with Crippen molar-refractivity contribution in [1.29, 1.82) is 0 Å². The summed E-state index contributed by atoms with van der Waals surface area (Å²) in [5.41, 5.74) is 7.27. The molecule has 1 atom stereocenters. The molecule has 6 nitrogen and oxygen atoms in total. The minimum Gasteiger partial charge on any atom is -0.451 e. The number of rotatable bonds is 6. The molecular weight excluding hydrogens is 320 g/mol. The van der Waals surface area contributed by atoms with Crippen LogP contribution in [0.2, 0.25) is 0 Å². The molecule has 25 heavy (non-hydrogen) atoms. The lowest BCUT2D eigenvalue weighted by Gasteiger charge is -2.15. The van der Waals surface area contributed by atoms with Gasteiger partial charge in [0, 0.05) is 18.1 Å². The van der Waals surface area contributed by atoms with Gasteiger partial charge >= 0.3 is 0 Å². The average Bonchev–Trinajstić information content (AvgIpc) is 2.99. The maximum atomic E-state index is 12.7. The van der Waals surface area contributed by atoms with Gasteiger partial charge in [0.2, 0.25) is 5.91 Å². The largest absolute Gasteiger partial charge is 0.451 e. The summed E-state index contributed by atoms with van der Waals surface area (Å²) in [6.07, 6.45) is 0. The maximum Gasteiger partial charge on any atom is 0.288 e. The zero-order valence-electron chi connectivity index (χ0n) is 13.7. The smallest absolute Gasteiger partial charge is 0.288 e. The van der Waals surface area contributed by atoms with Crippen LogP contribution in [-0.2, 0) is 16.1 Å². The molecule has 0 radical (unpaired) electrons. The number of carbonyl (C=O) groups is 2. The Morgan fingerprint density at radius 2 is 1.80 bits per heavy atom. The lowest BCUT2D eigenvalue weighted by Crippen LogP contribution is -2.37. The minimum absolute atomic E-state index is 0.116. The molecule has 1 heterocycles. The highest BCUT2D eigenvalue weighted by Crippen LogP contribution is 2.27. The molecule has 0 aliphatic heterocycles. The SMILES string of the molecule is COCc1c(C(=O)N[C@H](C(N)=O)c2ccccc2)oc2ccccc12. The quantitative estimate of drug-likeness (QED) is 0.722. The molecule has 128 valence electrons. The first kappa shape index (κ1) is 16.7. The highest BCUT2D eigenvalue weighted by Gasteiger charge is 2.25. The van der Waals surface area contributed by atoms with E-state index < -0.39 is 17.9 Å². The zero-order chi connectivity index (χ0) is 17.8. The summed E-state index contributed by atoms with van der Waals surface area (Å²) >= 11 is 0. The van der Waals surface area contributed by atoms with Gasteiger partial charge in [0.05, 0.1) is 6.61 Å². The van der Waals surface area contributed by atoms with E-state index >= 15 is 0 Å². The van der Waals surface area contributed by atoms with Gasteiger partial charge in [-0.3, -0.25) is 9.59 Å². The van der Waals surface area contributed by atoms with Crippen molar-refractivity contribution >= 4 is 22.8 Å². The maximum absolute atomic E-state index is 12.7. The van der Waals surface area contributed by atoms with Crippen LogP contribution in [0.4, 0.5) is 0 Å². The summed E-state index contributed by atoms with van der Waals surface area (Å²) in [7, 11) is 1.54. The second kappa shape index (κ2) is 7.19. The zero-order valence-corrected chi connectivity index (χ0v) is 13.7. The van der Waals surface area contributed by atoms with Crippen molar-refractivity contribution in [1.82, 2.24) is 5.32 Å². The van der Waals surface area contributed by atoms with E-state index in [2.05, 4.69) is 5.32 Å². The fourth-order valence-corrected chi connectivity index (χ4v) is 2.73. The van der Waals surface area contributed by atoms with Crippen LogP contribution in [0, 0.1) is 0 Å². The van der Waals surface area contributed by atoms with Crippen LogP contribution < -0.4 is 11.1 Å². The molecule has 0 unspecified atom stereocenters. The second-order valence-corrected chi connectivity index (χ2v) is 5.56. The summed E-state index contributed by atoms with van der Waals surface area (Å²) in [4.78, 5) is 24.5. The van der Waals surface area contributed by atoms with E-state index in [-0.39, 0.29) is 12.4 Å². The molecule has 3 N–H and O–H groups in total. The first-order chi connectivity index (χ1) is 12.1. The molecule has 3 rings (SSSR count). The summed E-state index contributed by atoms with van der Waals surface area (Å²) in [5.74, 6) is -1.05. The van der Waals surface area contributed by atoms with E-state index in [0.29, 0.717) is 16.7 Å². The number of benzene rings is 2. The van der Waals surface area contributed by atoms with Gasteiger partial charge in [-0.2, -0.15) is 0 Å². The Labute approximate surface area is 144 Å². The fraction of sp³-hybridized carbons (Fsp3) is 0.158. The number of methoxy groups -OCH3 is 1. The van der Waals surface area contributed by atoms with Gasteiger partial charge in [0.25, 0.3) is 5.91 Å². The molecule has 0 saturated heterocycles. The van der Waals surface area contributed by atoms with Crippen LogP contribution in [0.3, 0.4) is 0 Å². The molecule has 0 aliphatic rings. The van der Waals surface area contributed by atoms with Crippen molar-refractivity contribution in [2.24, 2.45) is 5.73 Å². The number of para-hydroxylation sites is 1. The number of ether oxygens (including phenoxy) is 1. The number of hydrogen-bond donors (Lipinski definition) is 2. The van der Waals surface area contributed by atoms with Crippen LogP contribution in [0.1, 0.15) is 27.7 Å². The van der Waals surface area contributed by atoms with Crippen LogP contribution in [0.15, 0.2) is 59.0 Å². The van der Waals surface area contributed by atoms with Crippen LogP contribution in [0.5, 0.6) is 0 Å². The Bertz CT molecular complexity index is 902. The first-order valence-electron chi connectivity index (χ1n) is 7.76. The summed E-state index contributed by atoms with van der Waals surface area (Å²) in [5, 5.41) is 3.44. The fourth-order valence-electron chi connectivity index (χ4n) is 2.73. The van der Waals surface area contributed by atoms with Gasteiger partial charge < -0.3 is 20.2 Å². The predicted octanol–water partition coefficient (Wildman–Crippen LogP) is 2.54. The molecular formula is C19H18N2O4. The Kier molecular flexibility index (Phi) is 4.81. The lowest BCUT2D eigenvalue weighted by molar-refractivity contribution is -0.120. The molecule has 2 amide bonds. The van der Waals surface area contributed by atoms with Crippen molar-refractivity contribution < 1.29 is 18.7 Å². The van der Waals surface area contributed by atoms with Crippen molar-refractivity contribution in [3.8, 4) is 0 Å². The Hall–Kier alpha value is -3.12. The van der Waals surface area contributed by atoms with Gasteiger partial charge in [-0.1, -0.05) is 48.5 Å². The normalized spacial score (nSPS) is 12.0. The summed E-state index contributed by atoms with van der Waals surface area (Å²) < 4.78 is 10.9. The third-order valence-corrected chi connectivity index (χ3v) is 3.89. The molecule has 0 aliphatic carbocycles. The Balaban J connectivity index is 1.96. The van der Waals surface area contributed by atoms with Gasteiger partial charge in [-0.25, -0.2) is 0 Å². The number of fused-ring (bicyclic) bond motifs is 1. The number of primary amides is 1. The Morgan fingerprint density at radius 3 is 2.48 bits per heavy atom. The number of hydrogen-bond acceptors (Lipinski definition) is 4. The highest BCUT2D eigenvalue weighted by molar-refractivity contribution is 6.01. The number of nitrogens with one attached hydrogen (secondary N) is 1. The number of carbonyl (C=O) groups excluding carboxylic acids is 2. The van der Waals surface area contributed by atoms with Crippen molar-refractivity contribution in [2.75, 3.05) is 7.11 Å². The summed E-state index contributed by atoms with van der Waals surface area (Å²) in [6, 6.07) is 15.2. The molecule has 3 aromatic rings. The van der Waals surface area contributed by atoms with Gasteiger partial charge in [-0.15, -0.1) is 0 Å². The highest BCUT2D eigenvalue weighted by atomic mass is 16.5. The number of nitrogens with two attached hydrogens (primary N) is 1. The molecule has 1 aromatic heterocycles. The molecule has 6 heteroatoms. The van der Waals surface area contributed by atoms with Crippen LogP contribution >= 0.6 is 0 Å². The van der Waals surface area contributed by atoms with Crippen LogP contribution in [-0.4, -0.2) is 18.9 Å². The van der Waals surface area contributed by atoms with E-state index in [9.17, 15) is 9.59 Å². The van der Waals surface area contributed by atoms with E-state index in [1.165, 1.54) is 0 Å². The van der Waals surface area contributed by atoms with E-state index in [0.717, 1.165) is 5.39 Å². The van der Waals surface area contributed by atoms with Gasteiger partial charge in [0.15, 0.2) is 5.76 Å². The van der Waals surface area contributed by atoms with Crippen molar-refractivity contribution in [3.63, 3.8) is 0 Å². The summed E-state index contributed by atoms with van der Waals surface area (Å²) in [6.45, 7) is 0.215. The van der Waals surface area contributed by atoms with Crippen molar-refractivity contribution in [3.05, 3.63) is 71.5 Å². The molecule has 0 spiro atoms. The van der Waals surface area contributed by atoms with E-state index in [4.69, 9.17) is 14.9 Å². The van der Waals surface area contributed by atoms with E-state index in [1.54, 1.807) is 37.4 Å². The monoisotopic (exact) mass is 338 g/mol. The standard InChI is InChI=1S/C19H18N2O4/c1-24-11-14-13-9-5-6-10-15(13)25-17(14)19(23)21-16(18(20)22)12-7-3-2-4-8-12/h2-10,16H,11H2,1H3,(H2,20,22)(H,21,23)/t16-/m0/s1. The first-order valence-corrected chi connectivity index (χ1v) is 7.76. The average molecular weight is 338 g/mol. The second-order valence-electron chi connectivity index (χ2n) is 5.56. The number of amides is 2. The lowest BCUT2D eigenvalue weighted by atomic mass is 10.1. The third-order valence-electron chi connectivity index (χ3n) is 3.89.